The van der Waals surface area contributed by atoms with E-state index in [0.29, 0.717) is 5.56 Å². The van der Waals surface area contributed by atoms with Crippen molar-refractivity contribution in [2.45, 2.75) is 31.3 Å². The van der Waals surface area contributed by atoms with E-state index in [9.17, 15) is 21.6 Å². The van der Waals surface area contributed by atoms with Gasteiger partial charge in [0.1, 0.15) is 0 Å². The van der Waals surface area contributed by atoms with Gasteiger partial charge in [-0.2, -0.15) is 13.2 Å². The summed E-state index contributed by atoms with van der Waals surface area (Å²) in [6, 6.07) is 4.09. The van der Waals surface area contributed by atoms with E-state index in [1.165, 1.54) is 12.1 Å². The van der Waals surface area contributed by atoms with Crippen LogP contribution < -0.4 is 5.73 Å². The zero-order chi connectivity index (χ0) is 14.9. The summed E-state index contributed by atoms with van der Waals surface area (Å²) in [5.41, 5.74) is 4.28. The third-order valence-electron chi connectivity index (χ3n) is 2.26. The fourth-order valence-electron chi connectivity index (χ4n) is 1.66. The number of nitrogens with two attached hydrogens (primary N) is 1. The van der Waals surface area contributed by atoms with Crippen molar-refractivity contribution < 1.29 is 21.6 Å². The van der Waals surface area contributed by atoms with Gasteiger partial charge >= 0.3 is 6.18 Å². The van der Waals surface area contributed by atoms with E-state index in [2.05, 4.69) is 0 Å². The Kier molecular flexibility index (Phi) is 4.31. The molecule has 0 aromatic heterocycles. The van der Waals surface area contributed by atoms with Crippen LogP contribution in [0.3, 0.4) is 0 Å². The quantitative estimate of drug-likeness (QED) is 0.927. The Morgan fingerprint density at radius 3 is 1.95 bits per heavy atom. The number of sulfone groups is 1. The van der Waals surface area contributed by atoms with Gasteiger partial charge < -0.3 is 5.73 Å². The molecule has 1 aromatic carbocycles. The molecule has 0 amide bonds. The number of rotatable bonds is 4. The number of benzene rings is 1. The van der Waals surface area contributed by atoms with Gasteiger partial charge in [0.2, 0.25) is 0 Å². The first kappa shape index (κ1) is 16.0. The van der Waals surface area contributed by atoms with Crippen LogP contribution in [0.2, 0.25) is 0 Å². The molecule has 1 aromatic rings. The van der Waals surface area contributed by atoms with E-state index >= 15 is 0 Å². The lowest BCUT2D eigenvalue weighted by Crippen LogP contribution is -2.40. The molecule has 0 heterocycles. The summed E-state index contributed by atoms with van der Waals surface area (Å²) in [5.74, 6) is -0.535. The van der Waals surface area contributed by atoms with Crippen LogP contribution >= 0.6 is 0 Å². The van der Waals surface area contributed by atoms with Gasteiger partial charge in [-0.1, -0.05) is 12.1 Å². The Morgan fingerprint density at radius 2 is 1.58 bits per heavy atom. The minimum Gasteiger partial charge on any atom is -0.325 e. The largest absolute Gasteiger partial charge is 0.416 e. The Labute approximate surface area is 110 Å². The maximum Gasteiger partial charge on any atom is 0.416 e. The average molecular weight is 295 g/mol. The van der Waals surface area contributed by atoms with Crippen molar-refractivity contribution in [3.8, 4) is 0 Å². The second kappa shape index (κ2) is 5.13. The lowest BCUT2D eigenvalue weighted by Gasteiger charge is -2.18. The van der Waals surface area contributed by atoms with Crippen molar-refractivity contribution in [3.63, 3.8) is 0 Å². The fourth-order valence-corrected chi connectivity index (χ4v) is 3.60. The van der Waals surface area contributed by atoms with Crippen LogP contribution in [0.4, 0.5) is 13.2 Å². The van der Waals surface area contributed by atoms with Crippen LogP contribution in [0.25, 0.3) is 0 Å². The summed E-state index contributed by atoms with van der Waals surface area (Å²) in [5, 5.41) is 0. The van der Waals surface area contributed by atoms with Crippen LogP contribution in [-0.4, -0.2) is 19.7 Å². The normalized spacial score (nSPS) is 13.6. The van der Waals surface area contributed by atoms with Gasteiger partial charge in [-0.05, 0) is 31.5 Å². The molecular formula is C12H16F3NO2S. The summed E-state index contributed by atoms with van der Waals surface area (Å²) in [6.45, 7) is 3.16. The van der Waals surface area contributed by atoms with Crippen LogP contribution in [0.15, 0.2) is 24.3 Å². The molecule has 0 aliphatic carbocycles. The Bertz CT molecular complexity index is 528. The average Bonchev–Trinajstić information content (AvgIpc) is 2.11. The number of hydrogen-bond donors (Lipinski definition) is 1. The number of hydrogen-bond acceptors (Lipinski definition) is 3. The molecule has 0 atom stereocenters. The van der Waals surface area contributed by atoms with E-state index < -0.39 is 27.1 Å². The molecule has 7 heteroatoms. The smallest absolute Gasteiger partial charge is 0.325 e. The topological polar surface area (TPSA) is 60.2 Å². The van der Waals surface area contributed by atoms with E-state index in [-0.39, 0.29) is 11.5 Å². The van der Waals surface area contributed by atoms with Gasteiger partial charge in [0.05, 0.1) is 17.1 Å². The Hall–Kier alpha value is -1.08. The maximum absolute atomic E-state index is 12.3. The first-order valence-electron chi connectivity index (χ1n) is 5.54. The van der Waals surface area contributed by atoms with Crippen LogP contribution in [0.1, 0.15) is 25.0 Å². The van der Waals surface area contributed by atoms with E-state index in [4.69, 9.17) is 5.73 Å². The van der Waals surface area contributed by atoms with Gasteiger partial charge in [-0.25, -0.2) is 8.42 Å². The van der Waals surface area contributed by atoms with Gasteiger partial charge in [0.25, 0.3) is 0 Å². The zero-order valence-electron chi connectivity index (χ0n) is 10.7. The molecule has 0 aliphatic heterocycles. The molecule has 0 aliphatic rings. The second-order valence-electron chi connectivity index (χ2n) is 5.22. The van der Waals surface area contributed by atoms with Crippen molar-refractivity contribution in [1.29, 1.82) is 0 Å². The predicted molar refractivity (Wildman–Crippen MR) is 67.2 cm³/mol. The monoisotopic (exact) mass is 295 g/mol. The second-order valence-corrected chi connectivity index (χ2v) is 7.28. The summed E-state index contributed by atoms with van der Waals surface area (Å²) >= 11 is 0. The highest BCUT2D eigenvalue weighted by molar-refractivity contribution is 7.90. The molecule has 0 bridgehead atoms. The molecule has 0 spiro atoms. The standard InChI is InChI=1S/C12H16F3NO2S/c1-11(2,16)8-19(17,18)7-9-3-5-10(6-4-9)12(13,14)15/h3-6H,7-8,16H2,1-2H3. The van der Waals surface area contributed by atoms with Gasteiger partial charge in [0.15, 0.2) is 9.84 Å². The molecular weight excluding hydrogens is 279 g/mol. The number of alkyl halides is 3. The van der Waals surface area contributed by atoms with Crippen LogP contribution in [0, 0.1) is 0 Å². The van der Waals surface area contributed by atoms with Gasteiger partial charge in [-0.15, -0.1) is 0 Å². The third-order valence-corrected chi connectivity index (χ3v) is 4.22. The summed E-state index contributed by atoms with van der Waals surface area (Å²) in [7, 11) is -3.45. The number of halogens is 3. The van der Waals surface area contributed by atoms with Crippen molar-refractivity contribution in [3.05, 3.63) is 35.4 Å². The highest BCUT2D eigenvalue weighted by atomic mass is 32.2. The molecule has 2 N–H and O–H groups in total. The van der Waals surface area contributed by atoms with E-state index in [0.717, 1.165) is 12.1 Å². The first-order valence-corrected chi connectivity index (χ1v) is 7.37. The van der Waals surface area contributed by atoms with Crippen molar-refractivity contribution in [1.82, 2.24) is 0 Å². The molecule has 1 rings (SSSR count). The lowest BCUT2D eigenvalue weighted by molar-refractivity contribution is -0.137. The van der Waals surface area contributed by atoms with Crippen molar-refractivity contribution >= 4 is 9.84 Å². The molecule has 19 heavy (non-hydrogen) atoms. The van der Waals surface area contributed by atoms with E-state index in [1.807, 2.05) is 0 Å². The fraction of sp³-hybridized carbons (Fsp3) is 0.500. The predicted octanol–water partition coefficient (Wildman–Crippen LogP) is 2.36. The molecule has 0 radical (unpaired) electrons. The minimum atomic E-state index is -4.42. The molecule has 0 saturated carbocycles. The molecule has 0 saturated heterocycles. The molecule has 3 nitrogen and oxygen atoms in total. The lowest BCUT2D eigenvalue weighted by atomic mass is 10.1. The minimum absolute atomic E-state index is 0.221. The van der Waals surface area contributed by atoms with Crippen LogP contribution in [0.5, 0.6) is 0 Å². The SMILES string of the molecule is CC(C)(N)CS(=O)(=O)Cc1ccc(C(F)(F)F)cc1. The summed E-state index contributed by atoms with van der Waals surface area (Å²) < 4.78 is 60.6. The Balaban J connectivity index is 2.84. The molecule has 0 fully saturated rings. The highest BCUT2D eigenvalue weighted by Crippen LogP contribution is 2.29. The van der Waals surface area contributed by atoms with Gasteiger partial charge in [0, 0.05) is 5.54 Å². The van der Waals surface area contributed by atoms with E-state index in [1.54, 1.807) is 13.8 Å². The summed E-state index contributed by atoms with van der Waals surface area (Å²) in [4.78, 5) is 0. The highest BCUT2D eigenvalue weighted by Gasteiger charge is 2.30. The third kappa shape index (κ3) is 5.61. The summed E-state index contributed by atoms with van der Waals surface area (Å²) in [6.07, 6.45) is -4.42. The Morgan fingerprint density at radius 1 is 1.11 bits per heavy atom. The van der Waals surface area contributed by atoms with Gasteiger partial charge in [-0.3, -0.25) is 0 Å². The maximum atomic E-state index is 12.3. The van der Waals surface area contributed by atoms with Crippen molar-refractivity contribution in [2.24, 2.45) is 5.73 Å². The van der Waals surface area contributed by atoms with Crippen molar-refractivity contribution in [2.75, 3.05) is 5.75 Å². The zero-order valence-corrected chi connectivity index (χ0v) is 11.5. The van der Waals surface area contributed by atoms with Crippen LogP contribution in [-0.2, 0) is 21.8 Å². The molecule has 0 unspecified atom stereocenters. The molecule has 108 valence electrons. The first-order chi connectivity index (χ1) is 8.39.